The van der Waals surface area contributed by atoms with Crippen molar-refractivity contribution in [2.45, 2.75) is 38.6 Å². The van der Waals surface area contributed by atoms with Crippen molar-refractivity contribution in [1.82, 2.24) is 4.31 Å². The molecule has 0 aromatic heterocycles. The van der Waals surface area contributed by atoms with E-state index in [1.165, 1.54) is 26.0 Å². The first kappa shape index (κ1) is 18.1. The van der Waals surface area contributed by atoms with Crippen LogP contribution in [0.15, 0.2) is 17.0 Å². The number of carboxylic acid groups (broad SMARTS) is 1. The van der Waals surface area contributed by atoms with Crippen LogP contribution in [0, 0.1) is 24.0 Å². The number of sulfonamides is 1. The van der Waals surface area contributed by atoms with Gasteiger partial charge in [-0.2, -0.15) is 4.31 Å². The van der Waals surface area contributed by atoms with Crippen LogP contribution in [-0.2, 0) is 14.8 Å². The standard InChI is InChI=1S/C13H18N2O6S/c1-8(2)14(7-13(16)17)22(20,21)12-6-9(3)11(15(18)19)5-10(12)4/h5-6,8H,7H2,1-4H3,(H,16,17). The Kier molecular flexibility index (Phi) is 5.26. The Morgan fingerprint density at radius 1 is 1.32 bits per heavy atom. The van der Waals surface area contributed by atoms with E-state index in [0.29, 0.717) is 0 Å². The molecule has 1 N–H and O–H groups in total. The molecule has 0 radical (unpaired) electrons. The van der Waals surface area contributed by atoms with Gasteiger partial charge in [-0.05, 0) is 39.3 Å². The highest BCUT2D eigenvalue weighted by molar-refractivity contribution is 7.89. The van der Waals surface area contributed by atoms with Gasteiger partial charge in [0, 0.05) is 17.7 Å². The Bertz CT molecular complexity index is 711. The van der Waals surface area contributed by atoms with Gasteiger partial charge in [0.25, 0.3) is 5.69 Å². The van der Waals surface area contributed by atoms with E-state index in [1.54, 1.807) is 13.8 Å². The molecule has 1 aromatic carbocycles. The molecule has 122 valence electrons. The van der Waals surface area contributed by atoms with Gasteiger partial charge in [-0.1, -0.05) is 0 Å². The van der Waals surface area contributed by atoms with E-state index in [9.17, 15) is 23.3 Å². The number of rotatable bonds is 6. The van der Waals surface area contributed by atoms with Crippen molar-refractivity contribution in [1.29, 1.82) is 0 Å². The lowest BCUT2D eigenvalue weighted by atomic mass is 10.1. The average molecular weight is 330 g/mol. The van der Waals surface area contributed by atoms with Crippen LogP contribution in [0.4, 0.5) is 5.69 Å². The molecule has 0 atom stereocenters. The van der Waals surface area contributed by atoms with Crippen molar-refractivity contribution in [3.63, 3.8) is 0 Å². The van der Waals surface area contributed by atoms with Crippen molar-refractivity contribution in [2.75, 3.05) is 6.54 Å². The van der Waals surface area contributed by atoms with Gasteiger partial charge < -0.3 is 5.11 Å². The fourth-order valence-corrected chi connectivity index (χ4v) is 3.93. The van der Waals surface area contributed by atoms with E-state index in [2.05, 4.69) is 0 Å². The SMILES string of the molecule is Cc1cc(S(=O)(=O)N(CC(=O)O)C(C)C)c(C)cc1[N+](=O)[O-]. The lowest BCUT2D eigenvalue weighted by Gasteiger charge is -2.25. The summed E-state index contributed by atoms with van der Waals surface area (Å²) in [5.41, 5.74) is 0.229. The predicted molar refractivity (Wildman–Crippen MR) is 79.2 cm³/mol. The first-order valence-corrected chi connectivity index (χ1v) is 7.91. The lowest BCUT2D eigenvalue weighted by molar-refractivity contribution is -0.385. The van der Waals surface area contributed by atoms with Gasteiger partial charge >= 0.3 is 5.97 Å². The zero-order valence-corrected chi connectivity index (χ0v) is 13.5. The second-order valence-electron chi connectivity index (χ2n) is 5.20. The predicted octanol–water partition coefficient (Wildman–Crippen LogP) is 1.70. The van der Waals surface area contributed by atoms with Crippen molar-refractivity contribution >= 4 is 21.7 Å². The van der Waals surface area contributed by atoms with Gasteiger partial charge in [0.1, 0.15) is 6.54 Å². The number of hydrogen-bond acceptors (Lipinski definition) is 5. The van der Waals surface area contributed by atoms with E-state index in [0.717, 1.165) is 4.31 Å². The monoisotopic (exact) mass is 330 g/mol. The van der Waals surface area contributed by atoms with Crippen LogP contribution in [0.25, 0.3) is 0 Å². The molecule has 0 unspecified atom stereocenters. The average Bonchev–Trinajstić information content (AvgIpc) is 2.37. The summed E-state index contributed by atoms with van der Waals surface area (Å²) in [7, 11) is -4.06. The van der Waals surface area contributed by atoms with Gasteiger partial charge in [0.05, 0.1) is 9.82 Å². The highest BCUT2D eigenvalue weighted by atomic mass is 32.2. The summed E-state index contributed by atoms with van der Waals surface area (Å²) >= 11 is 0. The van der Waals surface area contributed by atoms with Crippen LogP contribution in [0.3, 0.4) is 0 Å². The molecule has 22 heavy (non-hydrogen) atoms. The van der Waals surface area contributed by atoms with Gasteiger partial charge in [-0.25, -0.2) is 8.42 Å². The minimum atomic E-state index is -4.06. The van der Waals surface area contributed by atoms with Crippen LogP contribution in [0.2, 0.25) is 0 Å². The molecule has 0 aliphatic rings. The Labute approximate surface area is 128 Å². The topological polar surface area (TPSA) is 118 Å². The van der Waals surface area contributed by atoms with Crippen molar-refractivity contribution in [3.8, 4) is 0 Å². The number of hydrogen-bond donors (Lipinski definition) is 1. The molecule has 1 rings (SSSR count). The molecule has 9 heteroatoms. The van der Waals surface area contributed by atoms with Crippen LogP contribution in [0.5, 0.6) is 0 Å². The first-order valence-electron chi connectivity index (χ1n) is 6.47. The molecule has 0 fully saturated rings. The fourth-order valence-electron chi connectivity index (χ4n) is 2.05. The molecule has 0 amide bonds. The quantitative estimate of drug-likeness (QED) is 0.626. The zero-order valence-electron chi connectivity index (χ0n) is 12.7. The summed E-state index contributed by atoms with van der Waals surface area (Å²) in [4.78, 5) is 21.1. The molecular formula is C13H18N2O6S. The van der Waals surface area contributed by atoms with E-state index < -0.39 is 33.5 Å². The fraction of sp³-hybridized carbons (Fsp3) is 0.462. The summed E-state index contributed by atoms with van der Waals surface area (Å²) in [6.07, 6.45) is 0. The molecular weight excluding hydrogens is 312 g/mol. The number of nitro groups is 1. The van der Waals surface area contributed by atoms with Crippen molar-refractivity contribution < 1.29 is 23.2 Å². The van der Waals surface area contributed by atoms with E-state index in [-0.39, 0.29) is 21.7 Å². The second-order valence-corrected chi connectivity index (χ2v) is 7.06. The molecule has 1 aromatic rings. The smallest absolute Gasteiger partial charge is 0.318 e. The number of nitrogens with zero attached hydrogens (tertiary/aromatic N) is 2. The first-order chi connectivity index (χ1) is 9.98. The van der Waals surface area contributed by atoms with Gasteiger partial charge in [0.2, 0.25) is 10.0 Å². The van der Waals surface area contributed by atoms with Gasteiger partial charge in [-0.3, -0.25) is 14.9 Å². The zero-order chi connectivity index (χ0) is 17.2. The second kappa shape index (κ2) is 6.41. The maximum Gasteiger partial charge on any atom is 0.318 e. The minimum absolute atomic E-state index is 0.120. The lowest BCUT2D eigenvalue weighted by Crippen LogP contribution is -2.40. The largest absolute Gasteiger partial charge is 0.480 e. The third-order valence-electron chi connectivity index (χ3n) is 3.14. The summed E-state index contributed by atoms with van der Waals surface area (Å²) in [5, 5.41) is 19.8. The number of carboxylic acids is 1. The number of nitro benzene ring substituents is 1. The van der Waals surface area contributed by atoms with E-state index in [4.69, 9.17) is 5.11 Å². The van der Waals surface area contributed by atoms with Crippen molar-refractivity contribution in [2.24, 2.45) is 0 Å². The molecule has 0 bridgehead atoms. The molecule has 0 aliphatic carbocycles. The Hall–Kier alpha value is -2.00. The third-order valence-corrected chi connectivity index (χ3v) is 5.31. The number of carbonyl (C=O) groups is 1. The Morgan fingerprint density at radius 3 is 2.27 bits per heavy atom. The van der Waals surface area contributed by atoms with Gasteiger partial charge in [0.15, 0.2) is 0 Å². The molecule has 0 heterocycles. The Balaban J connectivity index is 3.48. The Morgan fingerprint density at radius 2 is 1.86 bits per heavy atom. The minimum Gasteiger partial charge on any atom is -0.480 e. The molecule has 0 aliphatic heterocycles. The maximum atomic E-state index is 12.7. The third kappa shape index (κ3) is 3.60. The number of aryl methyl sites for hydroxylation is 2. The number of aliphatic carboxylic acids is 1. The molecule has 0 spiro atoms. The summed E-state index contributed by atoms with van der Waals surface area (Å²) in [5.74, 6) is -1.27. The molecule has 8 nitrogen and oxygen atoms in total. The summed E-state index contributed by atoms with van der Waals surface area (Å²) in [6.45, 7) is 5.34. The summed E-state index contributed by atoms with van der Waals surface area (Å²) < 4.78 is 26.2. The van der Waals surface area contributed by atoms with Crippen LogP contribution in [-0.4, -0.2) is 41.3 Å². The van der Waals surface area contributed by atoms with Crippen LogP contribution in [0.1, 0.15) is 25.0 Å². The highest BCUT2D eigenvalue weighted by Crippen LogP contribution is 2.28. The van der Waals surface area contributed by atoms with Crippen LogP contribution < -0.4 is 0 Å². The van der Waals surface area contributed by atoms with E-state index >= 15 is 0 Å². The maximum absolute atomic E-state index is 12.7. The van der Waals surface area contributed by atoms with E-state index in [1.807, 2.05) is 0 Å². The highest BCUT2D eigenvalue weighted by Gasteiger charge is 2.31. The van der Waals surface area contributed by atoms with Crippen LogP contribution >= 0.6 is 0 Å². The van der Waals surface area contributed by atoms with Gasteiger partial charge in [-0.15, -0.1) is 0 Å². The molecule has 0 saturated carbocycles. The number of benzene rings is 1. The summed E-state index contributed by atoms with van der Waals surface area (Å²) in [6, 6.07) is 1.83. The molecule has 0 saturated heterocycles. The van der Waals surface area contributed by atoms with Crippen molar-refractivity contribution in [3.05, 3.63) is 33.4 Å². The normalized spacial score (nSPS) is 11.9.